The van der Waals surface area contributed by atoms with Gasteiger partial charge in [-0.25, -0.2) is 0 Å². The summed E-state index contributed by atoms with van der Waals surface area (Å²) in [5.74, 6) is 1.95. The number of hydrogen-bond donors (Lipinski definition) is 1. The minimum Gasteiger partial charge on any atom is -0.497 e. The standard InChI is InChI=1S/C16H17N3O3S/c1-21-13-5-7-14(8-6-13)22-10-12(20)11-23-16-18-17-15-4-2-3-9-19(15)16/h2-9,12,20H,10-11H2,1H3/t12-/m0/s1. The van der Waals surface area contributed by atoms with Crippen LogP contribution in [-0.4, -0.2) is 45.3 Å². The van der Waals surface area contributed by atoms with Crippen molar-refractivity contribution in [2.75, 3.05) is 19.5 Å². The van der Waals surface area contributed by atoms with Crippen molar-refractivity contribution in [2.24, 2.45) is 0 Å². The second kappa shape index (κ2) is 7.34. The third kappa shape index (κ3) is 3.94. The predicted octanol–water partition coefficient (Wildman–Crippen LogP) is 2.27. The van der Waals surface area contributed by atoms with Gasteiger partial charge in [-0.05, 0) is 36.4 Å². The number of aromatic nitrogens is 3. The first kappa shape index (κ1) is 15.6. The topological polar surface area (TPSA) is 68.9 Å². The Morgan fingerprint density at radius 3 is 2.70 bits per heavy atom. The zero-order chi connectivity index (χ0) is 16.1. The molecule has 0 bridgehead atoms. The van der Waals surface area contributed by atoms with E-state index in [0.29, 0.717) is 11.5 Å². The van der Waals surface area contributed by atoms with Crippen LogP contribution >= 0.6 is 11.8 Å². The highest BCUT2D eigenvalue weighted by Gasteiger charge is 2.10. The Morgan fingerprint density at radius 2 is 1.91 bits per heavy atom. The second-order valence-electron chi connectivity index (χ2n) is 4.86. The second-order valence-corrected chi connectivity index (χ2v) is 5.85. The molecular weight excluding hydrogens is 314 g/mol. The fourth-order valence-electron chi connectivity index (χ4n) is 2.00. The first-order valence-electron chi connectivity index (χ1n) is 7.14. The molecule has 0 amide bonds. The van der Waals surface area contributed by atoms with Crippen molar-refractivity contribution in [3.05, 3.63) is 48.7 Å². The van der Waals surface area contributed by atoms with Crippen molar-refractivity contribution in [3.63, 3.8) is 0 Å². The van der Waals surface area contributed by atoms with Crippen LogP contribution in [0.15, 0.2) is 53.8 Å². The van der Waals surface area contributed by atoms with Gasteiger partial charge in [-0.1, -0.05) is 17.8 Å². The molecule has 1 N–H and O–H groups in total. The lowest BCUT2D eigenvalue weighted by molar-refractivity contribution is 0.126. The summed E-state index contributed by atoms with van der Waals surface area (Å²) in [5.41, 5.74) is 0.791. The fraction of sp³-hybridized carbons (Fsp3) is 0.250. The normalized spacial score (nSPS) is 12.3. The summed E-state index contributed by atoms with van der Waals surface area (Å²) in [5, 5.41) is 19.0. The Kier molecular flexibility index (Phi) is 4.99. The molecule has 0 spiro atoms. The lowest BCUT2D eigenvalue weighted by Crippen LogP contribution is -2.20. The van der Waals surface area contributed by atoms with Crippen molar-refractivity contribution in [1.29, 1.82) is 0 Å². The summed E-state index contributed by atoms with van der Waals surface area (Å²) in [6, 6.07) is 13.0. The monoisotopic (exact) mass is 331 g/mol. The molecule has 7 heteroatoms. The molecule has 0 fully saturated rings. The number of ether oxygens (including phenoxy) is 2. The van der Waals surface area contributed by atoms with Gasteiger partial charge in [0.1, 0.15) is 18.1 Å². The van der Waals surface area contributed by atoms with E-state index in [0.717, 1.165) is 16.6 Å². The Bertz CT molecular complexity index is 761. The zero-order valence-electron chi connectivity index (χ0n) is 12.6. The molecule has 1 aromatic carbocycles. The average Bonchev–Trinajstić information content (AvgIpc) is 3.02. The van der Waals surface area contributed by atoms with E-state index in [-0.39, 0.29) is 6.61 Å². The number of rotatable bonds is 7. The molecule has 0 saturated heterocycles. The maximum absolute atomic E-state index is 10.1. The number of methoxy groups -OCH3 is 1. The van der Waals surface area contributed by atoms with Gasteiger partial charge in [-0.2, -0.15) is 0 Å². The maximum Gasteiger partial charge on any atom is 0.195 e. The first-order chi connectivity index (χ1) is 11.3. The van der Waals surface area contributed by atoms with Crippen molar-refractivity contribution in [1.82, 2.24) is 14.6 Å². The van der Waals surface area contributed by atoms with E-state index in [9.17, 15) is 5.11 Å². The molecule has 0 aliphatic carbocycles. The summed E-state index contributed by atoms with van der Waals surface area (Å²) in [6.07, 6.45) is 1.30. The minimum absolute atomic E-state index is 0.218. The van der Waals surface area contributed by atoms with Gasteiger partial charge >= 0.3 is 0 Å². The molecule has 0 radical (unpaired) electrons. The fourth-order valence-corrected chi connectivity index (χ4v) is 2.83. The van der Waals surface area contributed by atoms with Gasteiger partial charge in [-0.15, -0.1) is 10.2 Å². The number of aliphatic hydroxyl groups excluding tert-OH is 1. The van der Waals surface area contributed by atoms with Crippen LogP contribution in [0.4, 0.5) is 0 Å². The number of hydrogen-bond acceptors (Lipinski definition) is 6. The Hall–Kier alpha value is -2.25. The Morgan fingerprint density at radius 1 is 1.13 bits per heavy atom. The molecule has 6 nitrogen and oxygen atoms in total. The molecule has 120 valence electrons. The van der Waals surface area contributed by atoms with Crippen molar-refractivity contribution in [3.8, 4) is 11.5 Å². The van der Waals surface area contributed by atoms with Gasteiger partial charge in [0.25, 0.3) is 0 Å². The SMILES string of the molecule is COc1ccc(OC[C@H](O)CSc2nnc3ccccn23)cc1. The van der Waals surface area contributed by atoms with E-state index in [1.807, 2.05) is 53.1 Å². The van der Waals surface area contributed by atoms with Crippen LogP contribution in [0.25, 0.3) is 5.65 Å². The summed E-state index contributed by atoms with van der Waals surface area (Å²) in [4.78, 5) is 0. The average molecular weight is 331 g/mol. The highest BCUT2D eigenvalue weighted by atomic mass is 32.2. The van der Waals surface area contributed by atoms with Gasteiger partial charge in [0.05, 0.1) is 13.2 Å². The first-order valence-corrected chi connectivity index (χ1v) is 8.12. The third-order valence-corrected chi connectivity index (χ3v) is 4.28. The van der Waals surface area contributed by atoms with E-state index in [4.69, 9.17) is 9.47 Å². The van der Waals surface area contributed by atoms with Crippen LogP contribution in [0.2, 0.25) is 0 Å². The lowest BCUT2D eigenvalue weighted by Gasteiger charge is -2.12. The van der Waals surface area contributed by atoms with E-state index in [2.05, 4.69) is 10.2 Å². The molecule has 0 unspecified atom stereocenters. The maximum atomic E-state index is 10.1. The smallest absolute Gasteiger partial charge is 0.195 e. The molecule has 0 saturated carbocycles. The molecule has 2 aromatic heterocycles. The largest absolute Gasteiger partial charge is 0.497 e. The van der Waals surface area contributed by atoms with E-state index in [1.165, 1.54) is 11.8 Å². The number of thioether (sulfide) groups is 1. The molecule has 23 heavy (non-hydrogen) atoms. The predicted molar refractivity (Wildman–Crippen MR) is 88.2 cm³/mol. The zero-order valence-corrected chi connectivity index (χ0v) is 13.4. The molecule has 1 atom stereocenters. The number of pyridine rings is 1. The summed E-state index contributed by atoms with van der Waals surface area (Å²) in [6.45, 7) is 0.218. The minimum atomic E-state index is -0.599. The van der Waals surface area contributed by atoms with E-state index < -0.39 is 6.10 Å². The highest BCUT2D eigenvalue weighted by molar-refractivity contribution is 7.99. The summed E-state index contributed by atoms with van der Waals surface area (Å²) >= 11 is 1.45. The van der Waals surface area contributed by atoms with Crippen LogP contribution in [0, 0.1) is 0 Å². The summed E-state index contributed by atoms with van der Waals surface area (Å²) in [7, 11) is 1.62. The third-order valence-electron chi connectivity index (χ3n) is 3.19. The Labute approximate surface area is 138 Å². The van der Waals surface area contributed by atoms with Crippen LogP contribution in [0.3, 0.4) is 0 Å². The molecule has 0 aliphatic rings. The van der Waals surface area contributed by atoms with Crippen LogP contribution in [0.1, 0.15) is 0 Å². The number of fused-ring (bicyclic) bond motifs is 1. The molecule has 3 rings (SSSR count). The number of benzene rings is 1. The van der Waals surface area contributed by atoms with E-state index in [1.54, 1.807) is 7.11 Å². The van der Waals surface area contributed by atoms with Crippen molar-refractivity contribution in [2.45, 2.75) is 11.3 Å². The number of nitrogens with zero attached hydrogens (tertiary/aromatic N) is 3. The van der Waals surface area contributed by atoms with Crippen molar-refractivity contribution < 1.29 is 14.6 Å². The molecule has 0 aliphatic heterocycles. The van der Waals surface area contributed by atoms with Gasteiger partial charge in [0, 0.05) is 11.9 Å². The summed E-state index contributed by atoms with van der Waals surface area (Å²) < 4.78 is 12.5. The van der Waals surface area contributed by atoms with Gasteiger partial charge < -0.3 is 14.6 Å². The molecule has 3 aromatic rings. The van der Waals surface area contributed by atoms with Crippen LogP contribution < -0.4 is 9.47 Å². The van der Waals surface area contributed by atoms with Crippen LogP contribution in [-0.2, 0) is 0 Å². The van der Waals surface area contributed by atoms with Crippen molar-refractivity contribution >= 4 is 17.4 Å². The molecule has 2 heterocycles. The quantitative estimate of drug-likeness (QED) is 0.670. The Balaban J connectivity index is 1.50. The van der Waals surface area contributed by atoms with Gasteiger partial charge in [-0.3, -0.25) is 4.40 Å². The van der Waals surface area contributed by atoms with Gasteiger partial charge in [0.15, 0.2) is 10.8 Å². The number of aliphatic hydroxyl groups is 1. The van der Waals surface area contributed by atoms with E-state index >= 15 is 0 Å². The molecular formula is C16H17N3O3S. The van der Waals surface area contributed by atoms with Crippen LogP contribution in [0.5, 0.6) is 11.5 Å². The lowest BCUT2D eigenvalue weighted by atomic mass is 10.3. The van der Waals surface area contributed by atoms with Gasteiger partial charge in [0.2, 0.25) is 0 Å². The highest BCUT2D eigenvalue weighted by Crippen LogP contribution is 2.19.